The smallest absolute Gasteiger partial charge is 0.0862 e. The molecule has 3 rings (SSSR count). The lowest BCUT2D eigenvalue weighted by Gasteiger charge is -2.37. The summed E-state index contributed by atoms with van der Waals surface area (Å²) in [6.45, 7) is 4.48. The van der Waals surface area contributed by atoms with Crippen LogP contribution in [0, 0.1) is 0 Å². The summed E-state index contributed by atoms with van der Waals surface area (Å²) < 4.78 is 0. The first-order chi connectivity index (χ1) is 8.71. The first kappa shape index (κ1) is 12.6. The molecule has 100 valence electrons. The molecule has 1 aromatic rings. The van der Waals surface area contributed by atoms with Crippen molar-refractivity contribution in [2.75, 3.05) is 13.1 Å². The standard InChI is InChI=1S/C15H23NOS/c1-2-12-6-7-13(18-12)11-15(17)8-10-16-9-4-3-5-14(15)16/h6-7,14,17H,2-5,8-11H2,1H3. The Labute approximate surface area is 114 Å². The molecule has 2 aliphatic rings. The molecule has 2 saturated heterocycles. The quantitative estimate of drug-likeness (QED) is 0.908. The molecule has 0 saturated carbocycles. The van der Waals surface area contributed by atoms with Crippen molar-refractivity contribution < 1.29 is 5.11 Å². The molecule has 2 fully saturated rings. The zero-order valence-corrected chi connectivity index (χ0v) is 12.0. The fraction of sp³-hybridized carbons (Fsp3) is 0.733. The summed E-state index contributed by atoms with van der Waals surface area (Å²) in [4.78, 5) is 5.31. The summed E-state index contributed by atoms with van der Waals surface area (Å²) in [6.07, 6.45) is 6.71. The summed E-state index contributed by atoms with van der Waals surface area (Å²) in [5.41, 5.74) is -0.462. The van der Waals surface area contributed by atoms with E-state index in [-0.39, 0.29) is 0 Å². The Kier molecular flexibility index (Phi) is 3.48. The Morgan fingerprint density at radius 2 is 2.17 bits per heavy atom. The summed E-state index contributed by atoms with van der Waals surface area (Å²) in [5, 5.41) is 11.0. The van der Waals surface area contributed by atoms with Gasteiger partial charge in [0.2, 0.25) is 0 Å². The van der Waals surface area contributed by atoms with E-state index in [4.69, 9.17) is 0 Å². The van der Waals surface area contributed by atoms with Crippen molar-refractivity contribution in [3.8, 4) is 0 Å². The normalized spacial score (nSPS) is 32.7. The van der Waals surface area contributed by atoms with E-state index in [9.17, 15) is 5.11 Å². The molecule has 3 heterocycles. The number of aliphatic hydroxyl groups is 1. The number of aryl methyl sites for hydroxylation is 1. The molecule has 0 amide bonds. The average molecular weight is 265 g/mol. The fourth-order valence-electron chi connectivity index (χ4n) is 3.59. The molecule has 0 spiro atoms. The van der Waals surface area contributed by atoms with E-state index in [1.807, 2.05) is 11.3 Å². The molecule has 2 atom stereocenters. The second kappa shape index (κ2) is 4.95. The summed E-state index contributed by atoms with van der Waals surface area (Å²) in [5.74, 6) is 0. The highest BCUT2D eigenvalue weighted by atomic mass is 32.1. The van der Waals surface area contributed by atoms with Crippen LogP contribution in [0.1, 0.15) is 42.4 Å². The van der Waals surface area contributed by atoms with Crippen molar-refractivity contribution in [3.05, 3.63) is 21.9 Å². The third-order valence-electron chi connectivity index (χ3n) is 4.61. The summed E-state index contributed by atoms with van der Waals surface area (Å²) in [7, 11) is 0. The molecule has 3 heteroatoms. The average Bonchev–Trinajstić information content (AvgIpc) is 2.96. The fourth-order valence-corrected chi connectivity index (χ4v) is 4.66. The largest absolute Gasteiger partial charge is 0.388 e. The van der Waals surface area contributed by atoms with E-state index >= 15 is 0 Å². The molecular weight excluding hydrogens is 242 g/mol. The second-order valence-electron chi connectivity index (χ2n) is 5.80. The first-order valence-electron chi connectivity index (χ1n) is 7.25. The minimum atomic E-state index is -0.462. The molecule has 2 unspecified atom stereocenters. The van der Waals surface area contributed by atoms with Crippen molar-refractivity contribution >= 4 is 11.3 Å². The first-order valence-corrected chi connectivity index (χ1v) is 8.07. The number of fused-ring (bicyclic) bond motifs is 1. The van der Waals surface area contributed by atoms with Gasteiger partial charge in [0.25, 0.3) is 0 Å². The number of nitrogens with zero attached hydrogens (tertiary/aromatic N) is 1. The lowest BCUT2D eigenvalue weighted by molar-refractivity contribution is -0.00826. The van der Waals surface area contributed by atoms with Gasteiger partial charge in [-0.05, 0) is 44.4 Å². The van der Waals surface area contributed by atoms with Crippen molar-refractivity contribution in [2.45, 2.75) is 57.1 Å². The monoisotopic (exact) mass is 265 g/mol. The van der Waals surface area contributed by atoms with Gasteiger partial charge in [-0.1, -0.05) is 13.3 Å². The van der Waals surface area contributed by atoms with Crippen molar-refractivity contribution in [1.82, 2.24) is 4.90 Å². The lowest BCUT2D eigenvalue weighted by atomic mass is 9.86. The van der Waals surface area contributed by atoms with Crippen LogP contribution in [0.3, 0.4) is 0 Å². The van der Waals surface area contributed by atoms with Crippen LogP contribution in [0.4, 0.5) is 0 Å². The third kappa shape index (κ3) is 2.24. The van der Waals surface area contributed by atoms with Gasteiger partial charge >= 0.3 is 0 Å². The van der Waals surface area contributed by atoms with Crippen LogP contribution in [0.5, 0.6) is 0 Å². The molecule has 0 radical (unpaired) electrons. The zero-order valence-electron chi connectivity index (χ0n) is 11.2. The van der Waals surface area contributed by atoms with E-state index < -0.39 is 5.60 Å². The van der Waals surface area contributed by atoms with Gasteiger partial charge in [-0.2, -0.15) is 0 Å². The Bertz CT molecular complexity index is 416. The lowest BCUT2D eigenvalue weighted by Crippen LogP contribution is -2.48. The number of thiophene rings is 1. The topological polar surface area (TPSA) is 23.5 Å². The van der Waals surface area contributed by atoms with Gasteiger partial charge in [-0.25, -0.2) is 0 Å². The Morgan fingerprint density at radius 1 is 1.33 bits per heavy atom. The summed E-state index contributed by atoms with van der Waals surface area (Å²) >= 11 is 1.88. The van der Waals surface area contributed by atoms with Crippen molar-refractivity contribution in [2.24, 2.45) is 0 Å². The maximum atomic E-state index is 11.0. The molecule has 1 N–H and O–H groups in total. The third-order valence-corrected chi connectivity index (χ3v) is 5.84. The predicted molar refractivity (Wildman–Crippen MR) is 76.2 cm³/mol. The Hall–Kier alpha value is -0.380. The van der Waals surface area contributed by atoms with Gasteiger partial charge in [0, 0.05) is 28.8 Å². The van der Waals surface area contributed by atoms with Gasteiger partial charge in [0.1, 0.15) is 0 Å². The summed E-state index contributed by atoms with van der Waals surface area (Å²) in [6, 6.07) is 4.85. The maximum absolute atomic E-state index is 11.0. The molecule has 0 aromatic carbocycles. The molecule has 0 aliphatic carbocycles. The van der Waals surface area contributed by atoms with Gasteiger partial charge in [0.15, 0.2) is 0 Å². The van der Waals surface area contributed by atoms with Crippen LogP contribution in [0.2, 0.25) is 0 Å². The molecule has 1 aromatic heterocycles. The number of rotatable bonds is 3. The van der Waals surface area contributed by atoms with E-state index in [1.165, 1.54) is 35.6 Å². The van der Waals surface area contributed by atoms with Gasteiger partial charge in [0.05, 0.1) is 5.60 Å². The second-order valence-corrected chi connectivity index (χ2v) is 7.05. The van der Waals surface area contributed by atoms with Crippen LogP contribution in [-0.2, 0) is 12.8 Å². The Balaban J connectivity index is 1.74. The zero-order chi connectivity index (χ0) is 12.6. The van der Waals surface area contributed by atoms with Gasteiger partial charge < -0.3 is 5.11 Å². The number of piperidine rings is 1. The van der Waals surface area contributed by atoms with E-state index in [0.29, 0.717) is 6.04 Å². The number of hydrogen-bond acceptors (Lipinski definition) is 3. The maximum Gasteiger partial charge on any atom is 0.0862 e. The van der Waals surface area contributed by atoms with Gasteiger partial charge in [-0.15, -0.1) is 11.3 Å². The molecule has 18 heavy (non-hydrogen) atoms. The van der Waals surface area contributed by atoms with Crippen molar-refractivity contribution in [3.63, 3.8) is 0 Å². The van der Waals surface area contributed by atoms with Crippen LogP contribution < -0.4 is 0 Å². The molecule has 0 bridgehead atoms. The minimum absolute atomic E-state index is 0.415. The van der Waals surface area contributed by atoms with Crippen LogP contribution in [0.15, 0.2) is 12.1 Å². The van der Waals surface area contributed by atoms with Crippen LogP contribution in [0.25, 0.3) is 0 Å². The van der Waals surface area contributed by atoms with Crippen molar-refractivity contribution in [1.29, 1.82) is 0 Å². The van der Waals surface area contributed by atoms with Crippen LogP contribution >= 0.6 is 11.3 Å². The highest BCUT2D eigenvalue weighted by Gasteiger charge is 2.46. The highest BCUT2D eigenvalue weighted by molar-refractivity contribution is 7.12. The predicted octanol–water partition coefficient (Wildman–Crippen LogP) is 2.84. The SMILES string of the molecule is CCc1ccc(CC2(O)CCN3CCCCC32)s1. The van der Waals surface area contributed by atoms with E-state index in [1.54, 1.807) is 0 Å². The van der Waals surface area contributed by atoms with Gasteiger partial charge in [-0.3, -0.25) is 4.90 Å². The van der Waals surface area contributed by atoms with E-state index in [2.05, 4.69) is 24.0 Å². The minimum Gasteiger partial charge on any atom is -0.388 e. The molecule has 2 aliphatic heterocycles. The van der Waals surface area contributed by atoms with E-state index in [0.717, 1.165) is 25.8 Å². The highest BCUT2D eigenvalue weighted by Crippen LogP contribution is 2.38. The molecule has 2 nitrogen and oxygen atoms in total. The number of hydrogen-bond donors (Lipinski definition) is 1. The molecular formula is C15H23NOS. The van der Waals surface area contributed by atoms with Crippen LogP contribution in [-0.4, -0.2) is 34.7 Å². The Morgan fingerprint density at radius 3 is 2.94 bits per heavy atom.